The molecule has 1 nitrogen and oxygen atoms in total. The molecule has 1 heteroatoms. The fourth-order valence-electron chi connectivity index (χ4n) is 4.06. The molecule has 0 saturated heterocycles. The average molecular weight is 398 g/mol. The summed E-state index contributed by atoms with van der Waals surface area (Å²) in [6, 6.07) is 43.0. The summed E-state index contributed by atoms with van der Waals surface area (Å²) in [5.74, 6) is 0. The first-order chi connectivity index (χ1) is 15.4. The van der Waals surface area contributed by atoms with Gasteiger partial charge in [0.05, 0.1) is 0 Å². The van der Waals surface area contributed by atoms with Crippen LogP contribution in [0.4, 0.5) is 0 Å². The predicted octanol–water partition coefficient (Wildman–Crippen LogP) is 7.69. The smallest absolute Gasteiger partial charge is 0.00841 e. The number of H-pyrrole nitrogens is 1. The Bertz CT molecular complexity index is 1220. The van der Waals surface area contributed by atoms with E-state index in [1.165, 1.54) is 44.5 Å². The van der Waals surface area contributed by atoms with Gasteiger partial charge in [-0.25, -0.2) is 0 Å². The Kier molecular flexibility index (Phi) is 5.32. The molecule has 0 fully saturated rings. The van der Waals surface area contributed by atoms with Crippen molar-refractivity contribution in [2.75, 3.05) is 0 Å². The maximum Gasteiger partial charge on any atom is 0.00841 e. The molecule has 31 heavy (non-hydrogen) atoms. The monoisotopic (exact) mass is 397 g/mol. The Morgan fingerprint density at radius 1 is 0.387 bits per heavy atom. The van der Waals surface area contributed by atoms with Crippen LogP contribution in [0.5, 0.6) is 0 Å². The fourth-order valence-corrected chi connectivity index (χ4v) is 4.06. The van der Waals surface area contributed by atoms with Gasteiger partial charge in [0.2, 0.25) is 0 Å². The zero-order valence-electron chi connectivity index (χ0n) is 17.2. The molecule has 5 rings (SSSR count). The molecular weight excluding hydrogens is 374 g/mol. The zero-order chi connectivity index (χ0) is 20.9. The molecule has 1 heterocycles. The molecule has 5 aromatic rings. The number of aromatic amines is 1. The van der Waals surface area contributed by atoms with Crippen molar-refractivity contribution < 1.29 is 0 Å². The zero-order valence-corrected chi connectivity index (χ0v) is 17.2. The molecular formula is C30H23N. The van der Waals surface area contributed by atoms with Crippen molar-refractivity contribution in [3.05, 3.63) is 156 Å². The van der Waals surface area contributed by atoms with Crippen molar-refractivity contribution in [3.8, 4) is 11.1 Å². The molecule has 1 aromatic heterocycles. The van der Waals surface area contributed by atoms with Crippen molar-refractivity contribution in [1.82, 2.24) is 4.98 Å². The first kappa shape index (κ1) is 18.9. The lowest BCUT2D eigenvalue weighted by molar-refractivity contribution is 1.41. The highest BCUT2D eigenvalue weighted by Crippen LogP contribution is 2.37. The van der Waals surface area contributed by atoms with E-state index in [2.05, 4.69) is 126 Å². The Labute approximate surface area is 183 Å². The highest BCUT2D eigenvalue weighted by molar-refractivity contribution is 6.04. The van der Waals surface area contributed by atoms with E-state index in [0.29, 0.717) is 0 Å². The standard InChI is InChI=1S/C30H23N/c1-4-10-24(11-5-1)29(25-12-6-2-7-13-25)30(26-14-8-3-9-15-26)27-18-16-23(17-19-27)28-20-21-31-22-28/h1-22,31H. The minimum absolute atomic E-state index is 1.20. The second-order valence-electron chi connectivity index (χ2n) is 7.53. The van der Waals surface area contributed by atoms with Crippen LogP contribution in [0.2, 0.25) is 0 Å². The average Bonchev–Trinajstić information content (AvgIpc) is 3.39. The molecule has 0 unspecified atom stereocenters. The second-order valence-corrected chi connectivity index (χ2v) is 7.53. The summed E-state index contributed by atoms with van der Waals surface area (Å²) in [5.41, 5.74) is 9.71. The van der Waals surface area contributed by atoms with Gasteiger partial charge in [-0.1, -0.05) is 115 Å². The maximum absolute atomic E-state index is 3.14. The summed E-state index contributed by atoms with van der Waals surface area (Å²) >= 11 is 0. The van der Waals surface area contributed by atoms with Crippen LogP contribution in [-0.4, -0.2) is 4.98 Å². The fraction of sp³-hybridized carbons (Fsp3) is 0. The van der Waals surface area contributed by atoms with E-state index in [0.717, 1.165) is 0 Å². The number of nitrogens with one attached hydrogen (secondary N) is 1. The lowest BCUT2D eigenvalue weighted by atomic mass is 9.85. The second kappa shape index (κ2) is 8.73. The van der Waals surface area contributed by atoms with Crippen LogP contribution < -0.4 is 0 Å². The number of hydrogen-bond acceptors (Lipinski definition) is 0. The van der Waals surface area contributed by atoms with E-state index in [-0.39, 0.29) is 0 Å². The van der Waals surface area contributed by atoms with Crippen LogP contribution in [0.3, 0.4) is 0 Å². The molecule has 0 saturated carbocycles. The maximum atomic E-state index is 3.14. The quantitative estimate of drug-likeness (QED) is 0.293. The van der Waals surface area contributed by atoms with Gasteiger partial charge in [-0.2, -0.15) is 0 Å². The van der Waals surface area contributed by atoms with Crippen LogP contribution in [0.25, 0.3) is 22.3 Å². The third-order valence-corrected chi connectivity index (χ3v) is 5.54. The van der Waals surface area contributed by atoms with E-state index < -0.39 is 0 Å². The van der Waals surface area contributed by atoms with Gasteiger partial charge >= 0.3 is 0 Å². The van der Waals surface area contributed by atoms with Crippen LogP contribution in [0.15, 0.2) is 134 Å². The third-order valence-electron chi connectivity index (χ3n) is 5.54. The highest BCUT2D eigenvalue weighted by Gasteiger charge is 2.16. The molecule has 0 aliphatic carbocycles. The van der Waals surface area contributed by atoms with Gasteiger partial charge in [-0.3, -0.25) is 0 Å². The molecule has 0 radical (unpaired) electrons. The van der Waals surface area contributed by atoms with Crippen LogP contribution in [0, 0.1) is 0 Å². The minimum atomic E-state index is 1.20. The van der Waals surface area contributed by atoms with E-state index >= 15 is 0 Å². The summed E-state index contributed by atoms with van der Waals surface area (Å²) < 4.78 is 0. The summed E-state index contributed by atoms with van der Waals surface area (Å²) in [4.78, 5) is 3.14. The van der Waals surface area contributed by atoms with Crippen molar-refractivity contribution >= 4 is 11.1 Å². The molecule has 0 amide bonds. The highest BCUT2D eigenvalue weighted by atomic mass is 14.6. The third kappa shape index (κ3) is 3.99. The molecule has 148 valence electrons. The summed E-state index contributed by atoms with van der Waals surface area (Å²) in [6.07, 6.45) is 3.99. The number of hydrogen-bond donors (Lipinski definition) is 1. The summed E-state index contributed by atoms with van der Waals surface area (Å²) in [6.45, 7) is 0. The molecule has 0 spiro atoms. The van der Waals surface area contributed by atoms with E-state index in [4.69, 9.17) is 0 Å². The lowest BCUT2D eigenvalue weighted by Crippen LogP contribution is -1.97. The molecule has 1 N–H and O–H groups in total. The van der Waals surface area contributed by atoms with Gasteiger partial charge in [0, 0.05) is 12.4 Å². The van der Waals surface area contributed by atoms with E-state index in [1.54, 1.807) is 0 Å². The molecule has 0 aliphatic heterocycles. The molecule has 0 bridgehead atoms. The summed E-state index contributed by atoms with van der Waals surface area (Å²) in [7, 11) is 0. The number of benzene rings is 4. The van der Waals surface area contributed by atoms with Gasteiger partial charge in [0.25, 0.3) is 0 Å². The van der Waals surface area contributed by atoms with Crippen molar-refractivity contribution in [1.29, 1.82) is 0 Å². The Balaban J connectivity index is 1.77. The van der Waals surface area contributed by atoms with Crippen LogP contribution in [-0.2, 0) is 0 Å². The van der Waals surface area contributed by atoms with Gasteiger partial charge < -0.3 is 4.98 Å². The first-order valence-electron chi connectivity index (χ1n) is 10.5. The van der Waals surface area contributed by atoms with Crippen molar-refractivity contribution in [3.63, 3.8) is 0 Å². The van der Waals surface area contributed by atoms with Crippen molar-refractivity contribution in [2.24, 2.45) is 0 Å². The van der Waals surface area contributed by atoms with Gasteiger partial charge in [-0.05, 0) is 50.6 Å². The predicted molar refractivity (Wildman–Crippen MR) is 131 cm³/mol. The SMILES string of the molecule is c1ccc(C(=C(c2ccccc2)c2ccc(-c3cc[nH]c3)cc2)c2ccccc2)cc1. The van der Waals surface area contributed by atoms with Gasteiger partial charge in [0.1, 0.15) is 0 Å². The van der Waals surface area contributed by atoms with E-state index in [9.17, 15) is 0 Å². The molecule has 0 atom stereocenters. The van der Waals surface area contributed by atoms with Crippen LogP contribution in [0.1, 0.15) is 22.3 Å². The first-order valence-corrected chi connectivity index (χ1v) is 10.5. The van der Waals surface area contributed by atoms with Crippen molar-refractivity contribution in [2.45, 2.75) is 0 Å². The largest absolute Gasteiger partial charge is 0.367 e. The topological polar surface area (TPSA) is 15.8 Å². The van der Waals surface area contributed by atoms with E-state index in [1.807, 2.05) is 12.4 Å². The van der Waals surface area contributed by atoms with Crippen LogP contribution >= 0.6 is 0 Å². The lowest BCUT2D eigenvalue weighted by Gasteiger charge is -2.18. The number of aromatic nitrogens is 1. The molecule has 0 aliphatic rings. The Hall–Kier alpha value is -4.10. The minimum Gasteiger partial charge on any atom is -0.367 e. The van der Waals surface area contributed by atoms with Gasteiger partial charge in [0.15, 0.2) is 0 Å². The normalized spacial score (nSPS) is 10.6. The number of rotatable bonds is 5. The van der Waals surface area contributed by atoms with Gasteiger partial charge in [-0.15, -0.1) is 0 Å². The molecule has 4 aromatic carbocycles. The Morgan fingerprint density at radius 2 is 0.806 bits per heavy atom. The Morgan fingerprint density at radius 3 is 1.19 bits per heavy atom. The summed E-state index contributed by atoms with van der Waals surface area (Å²) in [5, 5.41) is 0.